The highest BCUT2D eigenvalue weighted by molar-refractivity contribution is 6.74. The maximum atomic E-state index is 6.26. The van der Waals surface area contributed by atoms with Crippen LogP contribution < -0.4 is 4.74 Å². The van der Waals surface area contributed by atoms with E-state index in [1.807, 2.05) is 0 Å². The molecule has 1 heterocycles. The fraction of sp³-hybridized carbons (Fsp3) is 0.600. The third-order valence-corrected chi connectivity index (χ3v) is 8.67. The molecule has 1 aliphatic heterocycles. The summed E-state index contributed by atoms with van der Waals surface area (Å²) in [5, 5.41) is 0.256. The van der Waals surface area contributed by atoms with Crippen LogP contribution in [0.2, 0.25) is 18.1 Å². The molecule has 1 aromatic carbocycles. The van der Waals surface area contributed by atoms with Gasteiger partial charge in [-0.3, -0.25) is 0 Å². The minimum absolute atomic E-state index is 0.256. The number of para-hydroxylation sites is 1. The van der Waals surface area contributed by atoms with Gasteiger partial charge in [0, 0.05) is 12.0 Å². The molecule has 0 atom stereocenters. The molecule has 18 heavy (non-hydrogen) atoms. The molecule has 0 radical (unpaired) electrons. The zero-order valence-electron chi connectivity index (χ0n) is 12.2. The van der Waals surface area contributed by atoms with Crippen molar-refractivity contribution in [2.24, 2.45) is 0 Å². The highest BCUT2D eigenvalue weighted by Gasteiger charge is 2.37. The predicted molar refractivity (Wildman–Crippen MR) is 77.6 cm³/mol. The van der Waals surface area contributed by atoms with Gasteiger partial charge in [-0.15, -0.1) is 0 Å². The van der Waals surface area contributed by atoms with E-state index in [1.165, 1.54) is 11.1 Å². The molecule has 100 valence electrons. The van der Waals surface area contributed by atoms with Gasteiger partial charge in [-0.2, -0.15) is 0 Å². The SMILES string of the molecule is CC(C)(C)[Si](C)(C)OCc1cccc2c1OCC2. The van der Waals surface area contributed by atoms with Crippen LogP contribution >= 0.6 is 0 Å². The van der Waals surface area contributed by atoms with Crippen molar-refractivity contribution in [2.45, 2.75) is 51.9 Å². The van der Waals surface area contributed by atoms with E-state index in [4.69, 9.17) is 9.16 Å². The van der Waals surface area contributed by atoms with E-state index in [0.717, 1.165) is 18.8 Å². The van der Waals surface area contributed by atoms with Crippen LogP contribution in [0, 0.1) is 0 Å². The predicted octanol–water partition coefficient (Wildman–Crippen LogP) is 4.14. The summed E-state index contributed by atoms with van der Waals surface area (Å²) in [7, 11) is -1.68. The largest absolute Gasteiger partial charge is 0.493 e. The summed E-state index contributed by atoms with van der Waals surface area (Å²) < 4.78 is 12.0. The van der Waals surface area contributed by atoms with E-state index >= 15 is 0 Å². The Hall–Kier alpha value is -0.803. The fourth-order valence-electron chi connectivity index (χ4n) is 1.87. The third-order valence-electron chi connectivity index (χ3n) is 4.19. The Morgan fingerprint density at radius 2 is 2.00 bits per heavy atom. The summed E-state index contributed by atoms with van der Waals surface area (Å²) in [6.45, 7) is 12.9. The van der Waals surface area contributed by atoms with Crippen molar-refractivity contribution in [1.29, 1.82) is 0 Å². The van der Waals surface area contributed by atoms with Crippen LogP contribution in [0.25, 0.3) is 0 Å². The van der Waals surface area contributed by atoms with Gasteiger partial charge in [0.1, 0.15) is 5.75 Å². The quantitative estimate of drug-likeness (QED) is 0.764. The third kappa shape index (κ3) is 2.62. The van der Waals surface area contributed by atoms with E-state index < -0.39 is 8.32 Å². The number of hydrogen-bond acceptors (Lipinski definition) is 2. The molecular weight excluding hydrogens is 240 g/mol. The van der Waals surface area contributed by atoms with E-state index in [0.29, 0.717) is 6.61 Å². The Morgan fingerprint density at radius 1 is 1.28 bits per heavy atom. The smallest absolute Gasteiger partial charge is 0.192 e. The van der Waals surface area contributed by atoms with Crippen LogP contribution in [-0.4, -0.2) is 14.9 Å². The summed E-state index contributed by atoms with van der Waals surface area (Å²) in [6.07, 6.45) is 1.03. The first-order valence-corrected chi connectivity index (χ1v) is 9.59. The van der Waals surface area contributed by atoms with Gasteiger partial charge in [0.15, 0.2) is 8.32 Å². The van der Waals surface area contributed by atoms with Gasteiger partial charge < -0.3 is 9.16 Å². The van der Waals surface area contributed by atoms with Crippen molar-refractivity contribution < 1.29 is 9.16 Å². The van der Waals surface area contributed by atoms with Gasteiger partial charge in [-0.25, -0.2) is 0 Å². The molecule has 1 aliphatic rings. The number of rotatable bonds is 3. The van der Waals surface area contributed by atoms with Gasteiger partial charge in [-0.05, 0) is 23.7 Å². The molecule has 0 bridgehead atoms. The number of fused-ring (bicyclic) bond motifs is 1. The minimum Gasteiger partial charge on any atom is -0.493 e. The Labute approximate surface area is 111 Å². The zero-order chi connectivity index (χ0) is 13.4. The van der Waals surface area contributed by atoms with E-state index in [-0.39, 0.29) is 5.04 Å². The lowest BCUT2D eigenvalue weighted by Gasteiger charge is -2.36. The molecule has 2 nitrogen and oxygen atoms in total. The van der Waals surface area contributed by atoms with Gasteiger partial charge in [0.25, 0.3) is 0 Å². The zero-order valence-corrected chi connectivity index (χ0v) is 13.2. The van der Waals surface area contributed by atoms with E-state index in [9.17, 15) is 0 Å². The molecule has 2 rings (SSSR count). The van der Waals surface area contributed by atoms with E-state index in [2.05, 4.69) is 52.1 Å². The first-order chi connectivity index (χ1) is 8.31. The van der Waals surface area contributed by atoms with Crippen molar-refractivity contribution >= 4 is 8.32 Å². The average Bonchev–Trinajstić information content (AvgIpc) is 2.73. The van der Waals surface area contributed by atoms with Crippen LogP contribution in [0.4, 0.5) is 0 Å². The van der Waals surface area contributed by atoms with Crippen molar-refractivity contribution in [3.63, 3.8) is 0 Å². The highest BCUT2D eigenvalue weighted by atomic mass is 28.4. The second-order valence-corrected chi connectivity index (χ2v) is 11.4. The maximum Gasteiger partial charge on any atom is 0.192 e. The first kappa shape index (κ1) is 13.6. The fourth-order valence-corrected chi connectivity index (χ4v) is 2.82. The molecule has 0 spiro atoms. The Balaban J connectivity index is 2.10. The topological polar surface area (TPSA) is 18.5 Å². The van der Waals surface area contributed by atoms with Crippen LogP contribution in [0.5, 0.6) is 5.75 Å². The van der Waals surface area contributed by atoms with Crippen molar-refractivity contribution in [3.8, 4) is 5.75 Å². The summed E-state index contributed by atoms with van der Waals surface area (Å²) in [4.78, 5) is 0. The van der Waals surface area contributed by atoms with Crippen LogP contribution in [0.15, 0.2) is 18.2 Å². The van der Waals surface area contributed by atoms with Gasteiger partial charge in [0.2, 0.25) is 0 Å². The highest BCUT2D eigenvalue weighted by Crippen LogP contribution is 2.38. The summed E-state index contributed by atoms with van der Waals surface area (Å²) in [5.41, 5.74) is 2.53. The molecular formula is C15H24O2Si. The number of benzene rings is 1. The van der Waals surface area contributed by atoms with Crippen molar-refractivity contribution in [1.82, 2.24) is 0 Å². The summed E-state index contributed by atoms with van der Waals surface area (Å²) in [6, 6.07) is 6.38. The Bertz CT molecular complexity index is 433. The molecule has 0 N–H and O–H groups in total. The normalized spacial score (nSPS) is 15.4. The molecule has 0 saturated carbocycles. The van der Waals surface area contributed by atoms with Crippen molar-refractivity contribution in [2.75, 3.05) is 6.61 Å². The van der Waals surface area contributed by atoms with Crippen LogP contribution in [0.3, 0.4) is 0 Å². The van der Waals surface area contributed by atoms with Crippen molar-refractivity contribution in [3.05, 3.63) is 29.3 Å². The number of ether oxygens (including phenoxy) is 1. The van der Waals surface area contributed by atoms with Gasteiger partial charge in [-0.1, -0.05) is 39.0 Å². The minimum atomic E-state index is -1.68. The Kier molecular flexibility index (Phi) is 3.56. The van der Waals surface area contributed by atoms with E-state index in [1.54, 1.807) is 0 Å². The molecule has 0 aliphatic carbocycles. The molecule has 1 aromatic rings. The molecule has 3 heteroatoms. The lowest BCUT2D eigenvalue weighted by Crippen LogP contribution is -2.40. The molecule has 0 fully saturated rings. The lowest BCUT2D eigenvalue weighted by atomic mass is 10.1. The summed E-state index contributed by atoms with van der Waals surface area (Å²) in [5.74, 6) is 1.07. The molecule has 0 saturated heterocycles. The second-order valence-electron chi connectivity index (χ2n) is 6.55. The molecule has 0 amide bonds. The van der Waals surface area contributed by atoms with Crippen LogP contribution in [0.1, 0.15) is 31.9 Å². The Morgan fingerprint density at radius 3 is 2.67 bits per heavy atom. The first-order valence-electron chi connectivity index (χ1n) is 6.69. The summed E-state index contributed by atoms with van der Waals surface area (Å²) >= 11 is 0. The van der Waals surface area contributed by atoms with Gasteiger partial charge in [0.05, 0.1) is 13.2 Å². The maximum absolute atomic E-state index is 6.26. The molecule has 0 unspecified atom stereocenters. The number of hydrogen-bond donors (Lipinski definition) is 0. The van der Waals surface area contributed by atoms with Crippen LogP contribution in [-0.2, 0) is 17.5 Å². The monoisotopic (exact) mass is 264 g/mol. The average molecular weight is 264 g/mol. The van der Waals surface area contributed by atoms with Gasteiger partial charge >= 0.3 is 0 Å². The standard InChI is InChI=1S/C15H24O2Si/c1-15(2,3)18(4,5)17-11-13-8-6-7-12-9-10-16-14(12)13/h6-8H,9-11H2,1-5H3. The second kappa shape index (κ2) is 4.70. The molecule has 0 aromatic heterocycles. The lowest BCUT2D eigenvalue weighted by molar-refractivity contribution is 0.267.